The second-order valence-corrected chi connectivity index (χ2v) is 16.4. The molecule has 3 aliphatic rings. The van der Waals surface area contributed by atoms with Crippen LogP contribution in [0.25, 0.3) is 0 Å². The molecule has 0 aromatic heterocycles. The van der Waals surface area contributed by atoms with Crippen LogP contribution >= 0.6 is 0 Å². The maximum Gasteiger partial charge on any atom is 0.200 e. The summed E-state index contributed by atoms with van der Waals surface area (Å²) in [6.07, 6.45) is 3.92. The van der Waals surface area contributed by atoms with Crippen molar-refractivity contribution in [2.24, 2.45) is 28.6 Å². The van der Waals surface area contributed by atoms with Crippen molar-refractivity contribution < 1.29 is 14.6 Å². The first-order chi connectivity index (χ1) is 13.6. The first-order valence-electron chi connectivity index (χ1n) is 11.6. The quantitative estimate of drug-likeness (QED) is 0.448. The third kappa shape index (κ3) is 2.86. The van der Waals surface area contributed by atoms with Crippen molar-refractivity contribution in [3.63, 3.8) is 0 Å². The van der Waals surface area contributed by atoms with Gasteiger partial charge in [-0.15, -0.1) is 6.58 Å². The van der Waals surface area contributed by atoms with Gasteiger partial charge in [0.05, 0.1) is 24.2 Å². The fraction of sp³-hybridized carbons (Fsp3) is 0.875. The summed E-state index contributed by atoms with van der Waals surface area (Å²) in [5.41, 5.74) is 0.523. The van der Waals surface area contributed by atoms with Crippen LogP contribution in [-0.4, -0.2) is 37.3 Å². The van der Waals surface area contributed by atoms with E-state index in [2.05, 4.69) is 54.2 Å². The van der Waals surface area contributed by atoms with Crippen molar-refractivity contribution in [3.05, 3.63) is 12.7 Å². The fourth-order valence-corrected chi connectivity index (χ4v) is 13.7. The predicted octanol–water partition coefficient (Wildman–Crippen LogP) is 5.03. The van der Waals surface area contributed by atoms with Crippen LogP contribution in [0.3, 0.4) is 0 Å². The molecule has 1 unspecified atom stereocenters. The molecule has 4 nitrogen and oxygen atoms in total. The zero-order chi connectivity index (χ0) is 21.8. The van der Waals surface area contributed by atoms with E-state index in [1.165, 1.54) is 0 Å². The number of nitriles is 1. The molecule has 29 heavy (non-hydrogen) atoms. The molecule has 0 aromatic carbocycles. The SMILES string of the molecule is C=C[C@H]1[C@H]2CC[C@]1(CO[Si](C(C)C)(C(C)C)C(C)C)[C@H](O)C21CC[C@@H](C#N)[C@@H]1O. The Balaban J connectivity index is 1.97. The monoisotopic (exact) mass is 419 g/mol. The molecule has 164 valence electrons. The van der Waals surface area contributed by atoms with Crippen molar-refractivity contribution in [3.8, 4) is 6.07 Å². The highest BCUT2D eigenvalue weighted by Crippen LogP contribution is 2.71. The standard InChI is InChI=1S/C24H41NO3Si/c1-8-19-20-10-11-23(19,14-28-29(15(2)3,16(4)5)17(6)7)22(27)24(20)12-9-18(13-25)21(24)26/h8,15-22,26-27H,1,9-12,14H2,2-7H3/t18-,19-,20+,21-,22-,23+,24?/m0/s1. The molecule has 0 saturated heterocycles. The maximum absolute atomic E-state index is 11.7. The van der Waals surface area contributed by atoms with Crippen LogP contribution in [0.4, 0.5) is 0 Å². The normalized spacial score (nSPS) is 41.8. The first kappa shape index (κ1) is 23.0. The van der Waals surface area contributed by atoms with Crippen molar-refractivity contribution >= 4 is 8.32 Å². The van der Waals surface area contributed by atoms with Crippen molar-refractivity contribution in [1.82, 2.24) is 0 Å². The van der Waals surface area contributed by atoms with Crippen molar-refractivity contribution in [1.29, 1.82) is 5.26 Å². The predicted molar refractivity (Wildman–Crippen MR) is 119 cm³/mol. The Bertz CT molecular complexity index is 650. The summed E-state index contributed by atoms with van der Waals surface area (Å²) in [6.45, 7) is 18.4. The lowest BCUT2D eigenvalue weighted by atomic mass is 9.64. The molecular weight excluding hydrogens is 378 g/mol. The van der Waals surface area contributed by atoms with Gasteiger partial charge in [0.25, 0.3) is 0 Å². The van der Waals surface area contributed by atoms with E-state index < -0.39 is 25.9 Å². The molecule has 3 rings (SSSR count). The lowest BCUT2D eigenvalue weighted by molar-refractivity contribution is -0.123. The lowest BCUT2D eigenvalue weighted by Crippen LogP contribution is -2.55. The van der Waals surface area contributed by atoms with E-state index in [0.29, 0.717) is 29.7 Å². The summed E-state index contributed by atoms with van der Waals surface area (Å²) in [4.78, 5) is 0. The fourth-order valence-electron chi connectivity index (χ4n) is 8.16. The number of aliphatic hydroxyl groups excluding tert-OH is 2. The van der Waals surface area contributed by atoms with Crippen LogP contribution in [0.15, 0.2) is 12.7 Å². The van der Waals surface area contributed by atoms with Gasteiger partial charge in [-0.1, -0.05) is 47.6 Å². The van der Waals surface area contributed by atoms with Gasteiger partial charge < -0.3 is 14.6 Å². The highest BCUT2D eigenvalue weighted by atomic mass is 28.4. The highest BCUT2D eigenvalue weighted by Gasteiger charge is 2.74. The van der Waals surface area contributed by atoms with Gasteiger partial charge in [0.2, 0.25) is 0 Å². The third-order valence-electron chi connectivity index (χ3n) is 9.30. The number of rotatable bonds is 7. The Morgan fingerprint density at radius 3 is 2.14 bits per heavy atom. The van der Waals surface area contributed by atoms with E-state index >= 15 is 0 Å². The summed E-state index contributed by atoms with van der Waals surface area (Å²) in [5.74, 6) is -0.0363. The zero-order valence-corrected chi connectivity index (χ0v) is 20.2. The molecule has 3 fully saturated rings. The van der Waals surface area contributed by atoms with Crippen LogP contribution in [-0.2, 0) is 4.43 Å². The Morgan fingerprint density at radius 1 is 1.10 bits per heavy atom. The number of allylic oxidation sites excluding steroid dienone is 1. The minimum Gasteiger partial charge on any atom is -0.415 e. The topological polar surface area (TPSA) is 73.5 Å². The second-order valence-electron chi connectivity index (χ2n) is 11.0. The van der Waals surface area contributed by atoms with E-state index in [1.807, 2.05) is 6.08 Å². The van der Waals surface area contributed by atoms with Gasteiger partial charge in [0.1, 0.15) is 0 Å². The Kier molecular flexibility index (Phi) is 6.17. The molecule has 2 N–H and O–H groups in total. The molecule has 0 amide bonds. The van der Waals surface area contributed by atoms with E-state index in [4.69, 9.17) is 4.43 Å². The Labute approximate surface area is 178 Å². The average molecular weight is 420 g/mol. The van der Waals surface area contributed by atoms with Crippen LogP contribution in [0.2, 0.25) is 16.6 Å². The van der Waals surface area contributed by atoms with Crippen LogP contribution < -0.4 is 0 Å². The molecule has 7 atom stereocenters. The Morgan fingerprint density at radius 2 is 1.69 bits per heavy atom. The molecule has 2 bridgehead atoms. The number of aliphatic hydroxyl groups is 2. The summed E-state index contributed by atoms with van der Waals surface area (Å²) in [6, 6.07) is 2.28. The Hall–Kier alpha value is -0.673. The van der Waals surface area contributed by atoms with Gasteiger partial charge in [-0.25, -0.2) is 0 Å². The minimum atomic E-state index is -2.06. The minimum absolute atomic E-state index is 0.141. The van der Waals surface area contributed by atoms with E-state index in [-0.39, 0.29) is 23.2 Å². The molecule has 3 saturated carbocycles. The number of hydrogen-bond acceptors (Lipinski definition) is 4. The van der Waals surface area contributed by atoms with E-state index in [1.54, 1.807) is 0 Å². The van der Waals surface area contributed by atoms with E-state index in [9.17, 15) is 15.5 Å². The van der Waals surface area contributed by atoms with E-state index in [0.717, 1.165) is 19.3 Å². The van der Waals surface area contributed by atoms with Crippen molar-refractivity contribution in [2.75, 3.05) is 6.61 Å². The summed E-state index contributed by atoms with van der Waals surface area (Å²) >= 11 is 0. The van der Waals surface area contributed by atoms with Crippen molar-refractivity contribution in [2.45, 2.75) is 96.1 Å². The van der Waals surface area contributed by atoms with Gasteiger partial charge in [-0.2, -0.15) is 5.26 Å². The molecule has 5 heteroatoms. The largest absolute Gasteiger partial charge is 0.415 e. The molecule has 0 heterocycles. The zero-order valence-electron chi connectivity index (χ0n) is 19.2. The first-order valence-corrected chi connectivity index (χ1v) is 13.7. The smallest absolute Gasteiger partial charge is 0.200 e. The molecule has 1 spiro atoms. The molecule has 0 aliphatic heterocycles. The van der Waals surface area contributed by atoms with Gasteiger partial charge in [0, 0.05) is 17.4 Å². The lowest BCUT2D eigenvalue weighted by Gasteiger charge is -2.48. The van der Waals surface area contributed by atoms with Crippen LogP contribution in [0, 0.1) is 39.9 Å². The van der Waals surface area contributed by atoms with Crippen LogP contribution in [0.1, 0.15) is 67.2 Å². The average Bonchev–Trinajstić information content (AvgIpc) is 3.24. The molecule has 0 radical (unpaired) electrons. The molecule has 3 aliphatic carbocycles. The number of fused-ring (bicyclic) bond motifs is 3. The molecular formula is C24H41NO3Si. The third-order valence-corrected chi connectivity index (χ3v) is 15.4. The maximum atomic E-state index is 11.7. The summed E-state index contributed by atoms with van der Waals surface area (Å²) in [7, 11) is -2.06. The van der Waals surface area contributed by atoms with Gasteiger partial charge in [-0.3, -0.25) is 0 Å². The summed E-state index contributed by atoms with van der Waals surface area (Å²) < 4.78 is 7.00. The van der Waals surface area contributed by atoms with Gasteiger partial charge >= 0.3 is 0 Å². The van der Waals surface area contributed by atoms with Gasteiger partial charge in [-0.05, 0) is 54.1 Å². The van der Waals surface area contributed by atoms with Crippen LogP contribution in [0.5, 0.6) is 0 Å². The second kappa shape index (κ2) is 7.78. The molecule has 0 aromatic rings. The summed E-state index contributed by atoms with van der Waals surface area (Å²) in [5, 5.41) is 32.3. The van der Waals surface area contributed by atoms with Gasteiger partial charge in [0.15, 0.2) is 8.32 Å². The highest BCUT2D eigenvalue weighted by molar-refractivity contribution is 6.77. The number of hydrogen-bond donors (Lipinski definition) is 2. The number of nitrogens with zero attached hydrogens (tertiary/aromatic N) is 1.